The zero-order valence-electron chi connectivity index (χ0n) is 17.8. The van der Waals surface area contributed by atoms with E-state index in [0.29, 0.717) is 5.92 Å². The van der Waals surface area contributed by atoms with Crippen molar-refractivity contribution in [2.75, 3.05) is 6.61 Å². The second-order valence-corrected chi connectivity index (χ2v) is 11.3. The summed E-state index contributed by atoms with van der Waals surface area (Å²) in [4.78, 5) is 0. The SMILES string of the molecule is CCCCCO[Si](OC1CCC(C)C(C)C1)(c1ccccc1)c1ccccc1. The van der Waals surface area contributed by atoms with Crippen molar-refractivity contribution in [3.8, 4) is 0 Å². The molecule has 2 nitrogen and oxygen atoms in total. The third kappa shape index (κ3) is 5.14. The topological polar surface area (TPSA) is 18.5 Å². The molecule has 2 aromatic rings. The molecule has 0 radical (unpaired) electrons. The van der Waals surface area contributed by atoms with Crippen LogP contribution in [0.3, 0.4) is 0 Å². The Bertz CT molecular complexity index is 649. The lowest BCUT2D eigenvalue weighted by Crippen LogP contribution is -2.65. The fraction of sp³-hybridized carbons (Fsp3) is 0.520. The molecule has 152 valence electrons. The molecule has 1 aliphatic carbocycles. The van der Waals surface area contributed by atoms with Gasteiger partial charge < -0.3 is 8.85 Å². The van der Waals surface area contributed by atoms with E-state index in [1.165, 1.54) is 29.6 Å². The summed E-state index contributed by atoms with van der Waals surface area (Å²) in [5, 5.41) is 2.45. The Morgan fingerprint density at radius 1 is 0.821 bits per heavy atom. The molecule has 2 aromatic carbocycles. The number of unbranched alkanes of at least 4 members (excludes halogenated alkanes) is 2. The van der Waals surface area contributed by atoms with Crippen LogP contribution in [0, 0.1) is 11.8 Å². The first-order valence-electron chi connectivity index (χ1n) is 11.1. The van der Waals surface area contributed by atoms with Crippen molar-refractivity contribution < 1.29 is 8.85 Å². The molecular formula is C25H36O2Si. The maximum absolute atomic E-state index is 7.07. The Kier molecular flexibility index (Phi) is 7.89. The van der Waals surface area contributed by atoms with Crippen LogP contribution in [-0.4, -0.2) is 21.3 Å². The zero-order valence-corrected chi connectivity index (χ0v) is 18.8. The largest absolute Gasteiger partial charge is 0.407 e. The van der Waals surface area contributed by atoms with Gasteiger partial charge in [0.1, 0.15) is 0 Å². The Labute approximate surface area is 172 Å². The van der Waals surface area contributed by atoms with Crippen molar-refractivity contribution in [2.45, 2.75) is 65.4 Å². The zero-order chi connectivity index (χ0) is 19.8. The van der Waals surface area contributed by atoms with Gasteiger partial charge in [-0.25, -0.2) is 0 Å². The summed E-state index contributed by atoms with van der Waals surface area (Å²) in [5.41, 5.74) is 0. The lowest BCUT2D eigenvalue weighted by atomic mass is 9.80. The highest BCUT2D eigenvalue weighted by Gasteiger charge is 2.45. The van der Waals surface area contributed by atoms with Crippen LogP contribution in [0.5, 0.6) is 0 Å². The summed E-state index contributed by atoms with van der Waals surface area (Å²) in [5.74, 6) is 1.49. The summed E-state index contributed by atoms with van der Waals surface area (Å²) in [7, 11) is -2.74. The molecule has 0 aromatic heterocycles. The molecule has 3 atom stereocenters. The first kappa shape index (κ1) is 21.3. The maximum atomic E-state index is 7.07. The molecule has 0 bridgehead atoms. The molecule has 28 heavy (non-hydrogen) atoms. The van der Waals surface area contributed by atoms with Crippen molar-refractivity contribution in [1.29, 1.82) is 0 Å². The van der Waals surface area contributed by atoms with Crippen LogP contribution in [0.25, 0.3) is 0 Å². The number of hydrogen-bond donors (Lipinski definition) is 0. The molecule has 3 unspecified atom stereocenters. The van der Waals surface area contributed by atoms with E-state index in [0.717, 1.165) is 31.8 Å². The van der Waals surface area contributed by atoms with Crippen LogP contribution in [0.1, 0.15) is 59.3 Å². The molecule has 3 rings (SSSR count). The Morgan fingerprint density at radius 3 is 1.96 bits per heavy atom. The molecule has 1 aliphatic rings. The number of hydrogen-bond acceptors (Lipinski definition) is 2. The first-order valence-corrected chi connectivity index (χ1v) is 12.9. The Morgan fingerprint density at radius 2 is 1.43 bits per heavy atom. The quantitative estimate of drug-likeness (QED) is 0.423. The average molecular weight is 397 g/mol. The van der Waals surface area contributed by atoms with Gasteiger partial charge in [-0.1, -0.05) is 94.3 Å². The predicted octanol–water partition coefficient (Wildman–Crippen LogP) is 5.29. The van der Waals surface area contributed by atoms with Gasteiger partial charge in [-0.05, 0) is 47.9 Å². The fourth-order valence-corrected chi connectivity index (χ4v) is 7.61. The molecule has 0 spiro atoms. The van der Waals surface area contributed by atoms with Crippen LogP contribution in [0.2, 0.25) is 0 Å². The van der Waals surface area contributed by atoms with Crippen LogP contribution in [0.15, 0.2) is 60.7 Å². The van der Waals surface area contributed by atoms with Gasteiger partial charge in [0.25, 0.3) is 0 Å². The molecule has 0 amide bonds. The normalized spacial score (nSPS) is 22.9. The van der Waals surface area contributed by atoms with E-state index in [1.54, 1.807) is 0 Å². The molecule has 0 heterocycles. The fourth-order valence-electron chi connectivity index (χ4n) is 4.23. The van der Waals surface area contributed by atoms with Crippen molar-refractivity contribution in [2.24, 2.45) is 11.8 Å². The maximum Gasteiger partial charge on any atom is 0.407 e. The van der Waals surface area contributed by atoms with Gasteiger partial charge in [0.2, 0.25) is 0 Å². The van der Waals surface area contributed by atoms with Crippen LogP contribution in [-0.2, 0) is 8.85 Å². The summed E-state index contributed by atoms with van der Waals surface area (Å²) < 4.78 is 13.9. The minimum Gasteiger partial charge on any atom is -0.388 e. The molecule has 0 aliphatic heterocycles. The third-order valence-corrected chi connectivity index (χ3v) is 9.71. The molecule has 1 fully saturated rings. The smallest absolute Gasteiger partial charge is 0.388 e. The summed E-state index contributed by atoms with van der Waals surface area (Å²) in [6.07, 6.45) is 7.29. The summed E-state index contributed by atoms with van der Waals surface area (Å²) in [6, 6.07) is 21.4. The van der Waals surface area contributed by atoms with Crippen LogP contribution >= 0.6 is 0 Å². The van der Waals surface area contributed by atoms with Gasteiger partial charge in [-0.2, -0.15) is 0 Å². The van der Waals surface area contributed by atoms with Gasteiger partial charge in [0.05, 0.1) is 0 Å². The third-order valence-electron chi connectivity index (χ3n) is 6.24. The molecule has 0 saturated heterocycles. The standard InChI is InChI=1S/C25H36O2Si/c1-4-5-12-19-26-28(24-13-8-6-9-14-24,25-15-10-7-11-16-25)27-23-18-17-21(2)22(3)20-23/h6-11,13-16,21-23H,4-5,12,17-20H2,1-3H3. The van der Waals surface area contributed by atoms with Gasteiger partial charge in [0, 0.05) is 12.7 Å². The lowest BCUT2D eigenvalue weighted by molar-refractivity contribution is 0.0660. The highest BCUT2D eigenvalue weighted by Crippen LogP contribution is 2.32. The number of rotatable bonds is 9. The monoisotopic (exact) mass is 396 g/mol. The highest BCUT2D eigenvalue weighted by molar-refractivity contribution is 6.92. The molecule has 3 heteroatoms. The predicted molar refractivity (Wildman–Crippen MR) is 120 cm³/mol. The van der Waals surface area contributed by atoms with Crippen LogP contribution in [0.4, 0.5) is 0 Å². The second kappa shape index (κ2) is 10.4. The Balaban J connectivity index is 1.94. The van der Waals surface area contributed by atoms with Gasteiger partial charge in [0.15, 0.2) is 0 Å². The van der Waals surface area contributed by atoms with Gasteiger partial charge in [-0.15, -0.1) is 0 Å². The molecule has 1 saturated carbocycles. The lowest BCUT2D eigenvalue weighted by Gasteiger charge is -2.39. The summed E-state index contributed by atoms with van der Waals surface area (Å²) in [6.45, 7) is 7.75. The van der Waals surface area contributed by atoms with E-state index < -0.39 is 8.56 Å². The minimum atomic E-state index is -2.74. The molecular weight excluding hydrogens is 360 g/mol. The van der Waals surface area contributed by atoms with Gasteiger partial charge in [-0.3, -0.25) is 0 Å². The van der Waals surface area contributed by atoms with E-state index in [1.807, 2.05) is 0 Å². The van der Waals surface area contributed by atoms with Crippen molar-refractivity contribution >= 4 is 18.9 Å². The van der Waals surface area contributed by atoms with Crippen molar-refractivity contribution in [3.05, 3.63) is 60.7 Å². The van der Waals surface area contributed by atoms with Crippen molar-refractivity contribution in [1.82, 2.24) is 0 Å². The second-order valence-electron chi connectivity index (χ2n) is 8.41. The van der Waals surface area contributed by atoms with E-state index in [2.05, 4.69) is 81.4 Å². The Hall–Kier alpha value is -1.42. The van der Waals surface area contributed by atoms with Crippen molar-refractivity contribution in [3.63, 3.8) is 0 Å². The molecule has 0 N–H and O–H groups in total. The minimum absolute atomic E-state index is 0.282. The van der Waals surface area contributed by atoms with E-state index >= 15 is 0 Å². The first-order chi connectivity index (χ1) is 13.7. The highest BCUT2D eigenvalue weighted by atomic mass is 28.4. The van der Waals surface area contributed by atoms with E-state index in [4.69, 9.17) is 8.85 Å². The van der Waals surface area contributed by atoms with E-state index in [9.17, 15) is 0 Å². The summed E-state index contributed by atoms with van der Waals surface area (Å²) >= 11 is 0. The van der Waals surface area contributed by atoms with Crippen LogP contribution < -0.4 is 10.4 Å². The van der Waals surface area contributed by atoms with Gasteiger partial charge >= 0.3 is 8.56 Å². The van der Waals surface area contributed by atoms with E-state index in [-0.39, 0.29) is 6.10 Å². The average Bonchev–Trinajstić information content (AvgIpc) is 2.74. The number of benzene rings is 2.